The maximum Gasteiger partial charge on any atom is 0.257 e. The number of halogens is 2. The number of carbonyl (C=O) groups is 1. The lowest BCUT2D eigenvalue weighted by Gasteiger charge is -2.09. The lowest BCUT2D eigenvalue weighted by atomic mass is 10.2. The van der Waals surface area contributed by atoms with Crippen LogP contribution in [-0.2, 0) is 0 Å². The van der Waals surface area contributed by atoms with Crippen LogP contribution in [0.25, 0.3) is 0 Å². The van der Waals surface area contributed by atoms with E-state index < -0.39 is 0 Å². The summed E-state index contributed by atoms with van der Waals surface area (Å²) < 4.78 is 0. The molecule has 1 aromatic heterocycles. The average molecular weight is 383 g/mol. The van der Waals surface area contributed by atoms with Crippen molar-refractivity contribution in [1.82, 2.24) is 4.98 Å². The topological polar surface area (TPSA) is 77.8 Å². The van der Waals surface area contributed by atoms with Gasteiger partial charge in [-0.15, -0.1) is 0 Å². The van der Waals surface area contributed by atoms with E-state index in [4.69, 9.17) is 28.5 Å². The summed E-state index contributed by atoms with van der Waals surface area (Å²) in [5.74, 6) is 0.206. The minimum absolute atomic E-state index is 0.320. The molecule has 2 aromatic carbocycles. The molecule has 26 heavy (non-hydrogen) atoms. The second kappa shape index (κ2) is 7.87. The van der Waals surface area contributed by atoms with Crippen molar-refractivity contribution in [3.8, 4) is 6.07 Å². The first-order chi connectivity index (χ1) is 12.5. The number of aromatic nitrogens is 1. The Bertz CT molecular complexity index is 997. The van der Waals surface area contributed by atoms with Gasteiger partial charge in [0.1, 0.15) is 5.82 Å². The summed E-state index contributed by atoms with van der Waals surface area (Å²) in [4.78, 5) is 16.5. The Morgan fingerprint density at radius 3 is 2.65 bits per heavy atom. The van der Waals surface area contributed by atoms with E-state index in [0.29, 0.717) is 38.4 Å². The SMILES string of the molecule is N#Cc1cccc(NC(=O)c2ccc(Nc3cc(Cl)ccc3Cl)nc2)c1. The summed E-state index contributed by atoms with van der Waals surface area (Å²) in [7, 11) is 0. The van der Waals surface area contributed by atoms with E-state index in [1.54, 1.807) is 54.6 Å². The van der Waals surface area contributed by atoms with Crippen molar-refractivity contribution in [2.45, 2.75) is 0 Å². The first-order valence-electron chi connectivity index (χ1n) is 7.55. The number of amides is 1. The van der Waals surface area contributed by atoms with Crippen LogP contribution in [0, 0.1) is 11.3 Å². The molecule has 0 aliphatic rings. The van der Waals surface area contributed by atoms with E-state index in [2.05, 4.69) is 15.6 Å². The molecule has 3 aromatic rings. The fraction of sp³-hybridized carbons (Fsp3) is 0. The fourth-order valence-corrected chi connectivity index (χ4v) is 2.54. The number of hydrogen-bond acceptors (Lipinski definition) is 4. The van der Waals surface area contributed by atoms with Crippen LogP contribution in [0.1, 0.15) is 15.9 Å². The van der Waals surface area contributed by atoms with E-state index in [-0.39, 0.29) is 5.91 Å². The number of anilines is 3. The molecule has 0 radical (unpaired) electrons. The van der Waals surface area contributed by atoms with Gasteiger partial charge in [0.25, 0.3) is 5.91 Å². The summed E-state index contributed by atoms with van der Waals surface area (Å²) in [6, 6.07) is 17.1. The molecule has 5 nitrogen and oxygen atoms in total. The van der Waals surface area contributed by atoms with Crippen molar-refractivity contribution in [3.05, 3.63) is 82.0 Å². The van der Waals surface area contributed by atoms with Gasteiger partial charge in [0.05, 0.1) is 27.9 Å². The summed E-state index contributed by atoms with van der Waals surface area (Å²) in [6.07, 6.45) is 1.45. The molecule has 0 unspecified atom stereocenters. The van der Waals surface area contributed by atoms with Gasteiger partial charge in [0.15, 0.2) is 0 Å². The van der Waals surface area contributed by atoms with Gasteiger partial charge in [-0.3, -0.25) is 4.79 Å². The zero-order chi connectivity index (χ0) is 18.5. The summed E-state index contributed by atoms with van der Waals surface area (Å²) in [5, 5.41) is 15.7. The molecule has 2 N–H and O–H groups in total. The Hall–Kier alpha value is -3.07. The molecule has 7 heteroatoms. The predicted molar refractivity (Wildman–Crippen MR) is 103 cm³/mol. The number of rotatable bonds is 4. The standard InChI is InChI=1S/C19H12Cl2N4O/c20-14-5-6-16(21)17(9-14)25-18-7-4-13(11-23-18)19(26)24-15-3-1-2-12(8-15)10-22/h1-9,11H,(H,23,25)(H,24,26). The van der Waals surface area contributed by atoms with E-state index in [1.165, 1.54) is 6.20 Å². The number of nitrogens with zero attached hydrogens (tertiary/aromatic N) is 2. The Labute approximate surface area is 160 Å². The van der Waals surface area contributed by atoms with Gasteiger partial charge in [0, 0.05) is 16.9 Å². The van der Waals surface area contributed by atoms with Crippen molar-refractivity contribution in [1.29, 1.82) is 5.26 Å². The van der Waals surface area contributed by atoms with E-state index in [0.717, 1.165) is 0 Å². The largest absolute Gasteiger partial charge is 0.339 e. The number of carbonyl (C=O) groups excluding carboxylic acids is 1. The molecule has 0 spiro atoms. The van der Waals surface area contributed by atoms with Crippen molar-refractivity contribution in [2.24, 2.45) is 0 Å². The van der Waals surface area contributed by atoms with Crippen molar-refractivity contribution >= 4 is 46.3 Å². The quantitative estimate of drug-likeness (QED) is 0.645. The average Bonchev–Trinajstić information content (AvgIpc) is 2.65. The highest BCUT2D eigenvalue weighted by Crippen LogP contribution is 2.27. The first kappa shape index (κ1) is 17.7. The molecule has 0 aliphatic heterocycles. The normalized spacial score (nSPS) is 10.0. The maximum atomic E-state index is 12.3. The van der Waals surface area contributed by atoms with Crippen LogP contribution in [-0.4, -0.2) is 10.9 Å². The minimum atomic E-state index is -0.320. The number of nitrogens with one attached hydrogen (secondary N) is 2. The Morgan fingerprint density at radius 2 is 1.92 bits per heavy atom. The van der Waals surface area contributed by atoms with Crippen molar-refractivity contribution < 1.29 is 4.79 Å². The molecule has 128 valence electrons. The Balaban J connectivity index is 1.71. The molecule has 0 bridgehead atoms. The van der Waals surface area contributed by atoms with Crippen LogP contribution in [0.15, 0.2) is 60.8 Å². The van der Waals surface area contributed by atoms with Crippen LogP contribution < -0.4 is 10.6 Å². The van der Waals surface area contributed by atoms with Gasteiger partial charge in [-0.25, -0.2) is 4.98 Å². The fourth-order valence-electron chi connectivity index (χ4n) is 2.20. The maximum absolute atomic E-state index is 12.3. The summed E-state index contributed by atoms with van der Waals surface area (Å²) >= 11 is 12.1. The molecule has 0 fully saturated rings. The third-order valence-corrected chi connectivity index (χ3v) is 4.03. The Morgan fingerprint density at radius 1 is 1.08 bits per heavy atom. The second-order valence-corrected chi connectivity index (χ2v) is 6.17. The summed E-state index contributed by atoms with van der Waals surface area (Å²) in [6.45, 7) is 0. The van der Waals surface area contributed by atoms with Gasteiger partial charge in [-0.2, -0.15) is 5.26 Å². The smallest absolute Gasteiger partial charge is 0.257 e. The zero-order valence-corrected chi connectivity index (χ0v) is 14.8. The van der Waals surface area contributed by atoms with Crippen LogP contribution in [0.4, 0.5) is 17.2 Å². The first-order valence-corrected chi connectivity index (χ1v) is 8.30. The molecule has 3 rings (SSSR count). The van der Waals surface area contributed by atoms with Crippen LogP contribution in [0.2, 0.25) is 10.0 Å². The Kier molecular flexibility index (Phi) is 5.37. The molecule has 0 saturated carbocycles. The molecule has 0 aliphatic carbocycles. The predicted octanol–water partition coefficient (Wildman–Crippen LogP) is 5.26. The molecule has 0 atom stereocenters. The monoisotopic (exact) mass is 382 g/mol. The van der Waals surface area contributed by atoms with Gasteiger partial charge in [-0.05, 0) is 48.5 Å². The highest BCUT2D eigenvalue weighted by Gasteiger charge is 2.08. The zero-order valence-electron chi connectivity index (χ0n) is 13.3. The number of hydrogen-bond donors (Lipinski definition) is 2. The van der Waals surface area contributed by atoms with Gasteiger partial charge in [0.2, 0.25) is 0 Å². The lowest BCUT2D eigenvalue weighted by Crippen LogP contribution is -2.12. The summed E-state index contributed by atoms with van der Waals surface area (Å²) in [5.41, 5.74) is 2.02. The highest BCUT2D eigenvalue weighted by atomic mass is 35.5. The van der Waals surface area contributed by atoms with Crippen LogP contribution in [0.3, 0.4) is 0 Å². The van der Waals surface area contributed by atoms with Crippen molar-refractivity contribution in [3.63, 3.8) is 0 Å². The van der Waals surface area contributed by atoms with Crippen LogP contribution >= 0.6 is 23.2 Å². The minimum Gasteiger partial charge on any atom is -0.339 e. The van der Waals surface area contributed by atoms with Crippen molar-refractivity contribution in [2.75, 3.05) is 10.6 Å². The van der Waals surface area contributed by atoms with E-state index >= 15 is 0 Å². The van der Waals surface area contributed by atoms with Gasteiger partial charge < -0.3 is 10.6 Å². The second-order valence-electron chi connectivity index (χ2n) is 5.33. The molecular formula is C19H12Cl2N4O. The number of nitriles is 1. The van der Waals surface area contributed by atoms with E-state index in [1.807, 2.05) is 6.07 Å². The number of benzene rings is 2. The number of pyridine rings is 1. The molecular weight excluding hydrogens is 371 g/mol. The third-order valence-electron chi connectivity index (χ3n) is 3.47. The molecule has 1 heterocycles. The molecule has 1 amide bonds. The van der Waals surface area contributed by atoms with Crippen LogP contribution in [0.5, 0.6) is 0 Å². The lowest BCUT2D eigenvalue weighted by molar-refractivity contribution is 0.102. The highest BCUT2D eigenvalue weighted by molar-refractivity contribution is 6.35. The van der Waals surface area contributed by atoms with Gasteiger partial charge in [-0.1, -0.05) is 29.3 Å². The third kappa shape index (κ3) is 4.31. The van der Waals surface area contributed by atoms with E-state index in [9.17, 15) is 4.79 Å². The molecule has 0 saturated heterocycles. The van der Waals surface area contributed by atoms with Gasteiger partial charge >= 0.3 is 0 Å².